The Morgan fingerprint density at radius 2 is 1.93 bits per heavy atom. The number of para-hydroxylation sites is 2. The highest BCUT2D eigenvalue weighted by Gasteiger charge is 2.37. The molecule has 3 fully saturated rings. The fourth-order valence-corrected chi connectivity index (χ4v) is 4.26. The average molecular weight is 404 g/mol. The third-order valence-corrected chi connectivity index (χ3v) is 6.22. The van der Waals surface area contributed by atoms with Gasteiger partial charge in [0.1, 0.15) is 5.75 Å². The summed E-state index contributed by atoms with van der Waals surface area (Å²) in [5, 5.41) is 13.1. The van der Waals surface area contributed by atoms with Crippen molar-refractivity contribution in [2.24, 2.45) is 0 Å². The summed E-state index contributed by atoms with van der Waals surface area (Å²) >= 11 is 0. The first-order valence-electron chi connectivity index (χ1n) is 10.9. The fraction of sp³-hybridized carbons (Fsp3) is 0.682. The van der Waals surface area contributed by atoms with Gasteiger partial charge in [-0.25, -0.2) is 0 Å². The number of ether oxygens (including phenoxy) is 2. The smallest absolute Gasteiger partial charge is 0.252 e. The molecule has 1 aromatic rings. The number of hydrogen-bond donors (Lipinski definition) is 2. The molecule has 160 valence electrons. The molecule has 0 unspecified atom stereocenters. The van der Waals surface area contributed by atoms with E-state index in [1.54, 1.807) is 7.11 Å². The van der Waals surface area contributed by atoms with Crippen LogP contribution in [0.4, 0.5) is 5.69 Å². The molecule has 1 aromatic carbocycles. The molecule has 0 spiro atoms. The number of aliphatic hydroxyl groups excluding tert-OH is 1. The highest BCUT2D eigenvalue weighted by atomic mass is 16.5. The van der Waals surface area contributed by atoms with E-state index in [0.717, 1.165) is 69.8 Å². The number of aliphatic hydroxyl groups is 1. The summed E-state index contributed by atoms with van der Waals surface area (Å²) in [6.07, 6.45) is 3.07. The van der Waals surface area contributed by atoms with E-state index in [1.807, 2.05) is 12.1 Å². The maximum Gasteiger partial charge on any atom is 0.252 e. The summed E-state index contributed by atoms with van der Waals surface area (Å²) in [6.45, 7) is 4.89. The Morgan fingerprint density at radius 1 is 1.17 bits per heavy atom. The molecule has 0 radical (unpaired) electrons. The Kier molecular flexibility index (Phi) is 6.57. The molecule has 2 N–H and O–H groups in total. The van der Waals surface area contributed by atoms with Gasteiger partial charge in [-0.05, 0) is 44.2 Å². The zero-order chi connectivity index (χ0) is 20.2. The zero-order valence-corrected chi connectivity index (χ0v) is 17.3. The summed E-state index contributed by atoms with van der Waals surface area (Å²) in [5.74, 6) is 0.778. The van der Waals surface area contributed by atoms with Crippen molar-refractivity contribution in [2.75, 3.05) is 44.7 Å². The van der Waals surface area contributed by atoms with Crippen LogP contribution in [0, 0.1) is 0 Å². The number of piperazine rings is 1. The highest BCUT2D eigenvalue weighted by Crippen LogP contribution is 2.29. The molecule has 29 heavy (non-hydrogen) atoms. The standard InChI is InChI=1S/C22H33N3O4/c1-28-20-5-3-2-4-18(20)25-14-12-24(13-15-25)11-10-17-8-9-19(26)21(29-17)22(27)23-16-6-7-16/h2-5,16-17,19,21,26H,6-15H2,1H3,(H,23,27)/t17-,19+,21+/m1/s1. The minimum absolute atomic E-state index is 0.0422. The van der Waals surface area contributed by atoms with Crippen LogP contribution >= 0.6 is 0 Å². The average Bonchev–Trinajstić information content (AvgIpc) is 3.57. The minimum atomic E-state index is -0.711. The van der Waals surface area contributed by atoms with Crippen molar-refractivity contribution < 1.29 is 19.4 Å². The van der Waals surface area contributed by atoms with Gasteiger partial charge in [-0.1, -0.05) is 12.1 Å². The number of nitrogens with one attached hydrogen (secondary N) is 1. The summed E-state index contributed by atoms with van der Waals surface area (Å²) < 4.78 is 11.5. The van der Waals surface area contributed by atoms with Gasteiger partial charge in [0.05, 0.1) is 25.0 Å². The summed E-state index contributed by atoms with van der Waals surface area (Å²) in [6, 6.07) is 8.46. The minimum Gasteiger partial charge on any atom is -0.495 e. The van der Waals surface area contributed by atoms with E-state index in [1.165, 1.54) is 0 Å². The number of carbonyl (C=O) groups is 1. The lowest BCUT2D eigenvalue weighted by molar-refractivity contribution is -0.158. The topological polar surface area (TPSA) is 74.3 Å². The molecule has 4 rings (SSSR count). The zero-order valence-electron chi connectivity index (χ0n) is 17.3. The lowest BCUT2D eigenvalue weighted by atomic mass is 9.98. The van der Waals surface area contributed by atoms with Crippen LogP contribution in [0.3, 0.4) is 0 Å². The highest BCUT2D eigenvalue weighted by molar-refractivity contribution is 5.82. The van der Waals surface area contributed by atoms with Gasteiger partial charge in [0.25, 0.3) is 5.91 Å². The van der Waals surface area contributed by atoms with Gasteiger partial charge in [-0.15, -0.1) is 0 Å². The van der Waals surface area contributed by atoms with Crippen LogP contribution in [-0.2, 0) is 9.53 Å². The van der Waals surface area contributed by atoms with Crippen LogP contribution in [0.2, 0.25) is 0 Å². The number of carbonyl (C=O) groups excluding carboxylic acids is 1. The summed E-state index contributed by atoms with van der Waals surface area (Å²) in [4.78, 5) is 17.1. The van der Waals surface area contributed by atoms with E-state index >= 15 is 0 Å². The number of benzene rings is 1. The summed E-state index contributed by atoms with van der Waals surface area (Å²) in [7, 11) is 1.72. The Bertz CT molecular complexity index is 688. The Morgan fingerprint density at radius 3 is 2.66 bits per heavy atom. The van der Waals surface area contributed by atoms with Crippen molar-refractivity contribution >= 4 is 11.6 Å². The molecular formula is C22H33N3O4. The third kappa shape index (κ3) is 5.21. The fourth-order valence-electron chi connectivity index (χ4n) is 4.26. The van der Waals surface area contributed by atoms with Gasteiger partial charge in [0, 0.05) is 38.8 Å². The molecule has 1 saturated carbocycles. The van der Waals surface area contributed by atoms with Crippen LogP contribution in [-0.4, -0.2) is 80.1 Å². The largest absolute Gasteiger partial charge is 0.495 e. The first kappa shape index (κ1) is 20.4. The normalized spacial score (nSPS) is 28.2. The maximum absolute atomic E-state index is 12.3. The molecule has 0 aromatic heterocycles. The van der Waals surface area contributed by atoms with Crippen molar-refractivity contribution in [1.29, 1.82) is 0 Å². The number of rotatable bonds is 7. The molecule has 7 nitrogen and oxygen atoms in total. The van der Waals surface area contributed by atoms with Crippen molar-refractivity contribution in [3.8, 4) is 5.75 Å². The van der Waals surface area contributed by atoms with Crippen LogP contribution < -0.4 is 15.0 Å². The molecule has 3 atom stereocenters. The van der Waals surface area contributed by atoms with Crippen molar-refractivity contribution in [3.05, 3.63) is 24.3 Å². The van der Waals surface area contributed by atoms with Gasteiger partial charge in [-0.2, -0.15) is 0 Å². The molecule has 2 heterocycles. The second-order valence-electron chi connectivity index (χ2n) is 8.40. The van der Waals surface area contributed by atoms with Gasteiger partial charge >= 0.3 is 0 Å². The molecule has 0 bridgehead atoms. The van der Waals surface area contributed by atoms with Crippen LogP contribution in [0.15, 0.2) is 24.3 Å². The van der Waals surface area contributed by atoms with E-state index in [-0.39, 0.29) is 12.0 Å². The summed E-state index contributed by atoms with van der Waals surface area (Å²) in [5.41, 5.74) is 1.16. The lowest BCUT2D eigenvalue weighted by Crippen LogP contribution is -2.50. The molecule has 1 amide bonds. The predicted octanol–water partition coefficient (Wildman–Crippen LogP) is 1.39. The molecule has 2 aliphatic heterocycles. The Hall–Kier alpha value is -1.83. The van der Waals surface area contributed by atoms with E-state index in [0.29, 0.717) is 12.5 Å². The van der Waals surface area contributed by atoms with Crippen molar-refractivity contribution in [3.63, 3.8) is 0 Å². The van der Waals surface area contributed by atoms with Gasteiger partial charge in [0.2, 0.25) is 0 Å². The van der Waals surface area contributed by atoms with Gasteiger partial charge in [0.15, 0.2) is 6.10 Å². The monoisotopic (exact) mass is 403 g/mol. The predicted molar refractivity (Wildman–Crippen MR) is 111 cm³/mol. The van der Waals surface area contributed by atoms with Gasteiger partial charge in [-0.3, -0.25) is 9.69 Å². The SMILES string of the molecule is COc1ccccc1N1CCN(CC[C@H]2CC[C@H](O)[C@@H](C(=O)NC3CC3)O2)CC1. The molecule has 2 saturated heterocycles. The third-order valence-electron chi connectivity index (χ3n) is 6.22. The van der Waals surface area contributed by atoms with Crippen molar-refractivity contribution in [2.45, 2.75) is 56.5 Å². The number of anilines is 1. The lowest BCUT2D eigenvalue weighted by Gasteiger charge is -2.38. The molecule has 1 aliphatic carbocycles. The number of methoxy groups -OCH3 is 1. The van der Waals surface area contributed by atoms with Crippen LogP contribution in [0.25, 0.3) is 0 Å². The molecule has 7 heteroatoms. The number of hydrogen-bond acceptors (Lipinski definition) is 6. The van der Waals surface area contributed by atoms with Crippen LogP contribution in [0.5, 0.6) is 5.75 Å². The first-order chi connectivity index (χ1) is 14.1. The maximum atomic E-state index is 12.3. The quantitative estimate of drug-likeness (QED) is 0.717. The second-order valence-corrected chi connectivity index (χ2v) is 8.40. The van der Waals surface area contributed by atoms with Crippen LogP contribution in [0.1, 0.15) is 32.1 Å². The van der Waals surface area contributed by atoms with E-state index in [9.17, 15) is 9.90 Å². The van der Waals surface area contributed by atoms with E-state index < -0.39 is 12.2 Å². The van der Waals surface area contributed by atoms with Crippen molar-refractivity contribution in [1.82, 2.24) is 10.2 Å². The van der Waals surface area contributed by atoms with Gasteiger partial charge < -0.3 is 24.8 Å². The van der Waals surface area contributed by atoms with E-state index in [2.05, 4.69) is 27.2 Å². The van der Waals surface area contributed by atoms with E-state index in [4.69, 9.17) is 9.47 Å². The number of amides is 1. The second kappa shape index (κ2) is 9.32. The first-order valence-corrected chi connectivity index (χ1v) is 10.9. The molecular weight excluding hydrogens is 370 g/mol. The Labute approximate surface area is 173 Å². The molecule has 3 aliphatic rings. The Balaban J connectivity index is 1.22. The number of nitrogens with zero attached hydrogens (tertiary/aromatic N) is 2.